The number of halogens is 1. The Labute approximate surface area is 77.9 Å². The molecule has 0 aliphatic carbocycles. The van der Waals surface area contributed by atoms with E-state index < -0.39 is 0 Å². The molecule has 0 aliphatic heterocycles. The van der Waals surface area contributed by atoms with Gasteiger partial charge in [-0.25, -0.2) is 4.98 Å². The molecule has 0 fully saturated rings. The van der Waals surface area contributed by atoms with Crippen molar-refractivity contribution in [1.82, 2.24) is 9.97 Å². The number of hydrogen-bond acceptors (Lipinski definition) is 2. The molecule has 12 heavy (non-hydrogen) atoms. The summed E-state index contributed by atoms with van der Waals surface area (Å²) in [5, 5.41) is 0. The molecule has 0 amide bonds. The van der Waals surface area contributed by atoms with Gasteiger partial charge in [0.15, 0.2) is 0 Å². The highest BCUT2D eigenvalue weighted by Gasteiger charge is 1.97. The molecular formula is C8H7BrN2O. The molecule has 3 nitrogen and oxygen atoms in total. The quantitative estimate of drug-likeness (QED) is 0.799. The van der Waals surface area contributed by atoms with Crippen molar-refractivity contribution in [3.63, 3.8) is 0 Å². The first-order valence-electron chi connectivity index (χ1n) is 3.52. The number of alkyl halides is 1. The molecule has 62 valence electrons. The predicted octanol–water partition coefficient (Wildman–Crippen LogP) is 2.29. The van der Waals surface area contributed by atoms with E-state index >= 15 is 0 Å². The number of rotatable bonds is 2. The van der Waals surface area contributed by atoms with Crippen molar-refractivity contribution < 1.29 is 4.74 Å². The molecule has 0 bridgehead atoms. The smallest absolute Gasteiger partial charge is 0.143 e. The van der Waals surface area contributed by atoms with E-state index in [2.05, 4.69) is 25.9 Å². The summed E-state index contributed by atoms with van der Waals surface area (Å²) in [4.78, 5) is 7.11. The molecule has 0 unspecified atom stereocenters. The fourth-order valence-corrected chi connectivity index (χ4v) is 1.33. The van der Waals surface area contributed by atoms with E-state index in [1.54, 1.807) is 6.33 Å². The van der Waals surface area contributed by atoms with Crippen LogP contribution in [0.1, 0.15) is 0 Å². The molecule has 0 radical (unpaired) electrons. The SMILES string of the molecule is BrCOc1ccc2nc[nH]c2c1. The number of ether oxygens (including phenoxy) is 1. The van der Waals surface area contributed by atoms with E-state index in [1.807, 2.05) is 18.2 Å². The Morgan fingerprint density at radius 3 is 3.25 bits per heavy atom. The maximum Gasteiger partial charge on any atom is 0.143 e. The zero-order valence-corrected chi connectivity index (χ0v) is 7.84. The van der Waals surface area contributed by atoms with Crippen molar-refractivity contribution in [3.8, 4) is 5.75 Å². The molecule has 0 spiro atoms. The van der Waals surface area contributed by atoms with E-state index in [4.69, 9.17) is 4.74 Å². The highest BCUT2D eigenvalue weighted by molar-refractivity contribution is 9.09. The topological polar surface area (TPSA) is 37.9 Å². The van der Waals surface area contributed by atoms with Crippen LogP contribution in [0.5, 0.6) is 5.75 Å². The maximum absolute atomic E-state index is 5.25. The number of hydrogen-bond donors (Lipinski definition) is 1. The Kier molecular flexibility index (Phi) is 1.99. The van der Waals surface area contributed by atoms with Crippen molar-refractivity contribution >= 4 is 27.0 Å². The summed E-state index contributed by atoms with van der Waals surface area (Å²) >= 11 is 3.19. The highest BCUT2D eigenvalue weighted by Crippen LogP contribution is 2.17. The van der Waals surface area contributed by atoms with E-state index in [-0.39, 0.29) is 0 Å². The molecular weight excluding hydrogens is 220 g/mol. The molecule has 1 N–H and O–H groups in total. The first kappa shape index (κ1) is 7.61. The first-order valence-corrected chi connectivity index (χ1v) is 4.64. The number of nitrogens with zero attached hydrogens (tertiary/aromatic N) is 1. The average molecular weight is 227 g/mol. The Balaban J connectivity index is 2.46. The van der Waals surface area contributed by atoms with Crippen LogP contribution >= 0.6 is 15.9 Å². The fourth-order valence-electron chi connectivity index (χ4n) is 1.07. The normalized spacial score (nSPS) is 10.4. The van der Waals surface area contributed by atoms with Gasteiger partial charge < -0.3 is 9.72 Å². The lowest BCUT2D eigenvalue weighted by Crippen LogP contribution is -1.87. The van der Waals surface area contributed by atoms with Crippen molar-refractivity contribution in [2.45, 2.75) is 0 Å². The van der Waals surface area contributed by atoms with Gasteiger partial charge in [0.05, 0.1) is 17.4 Å². The molecule has 4 heteroatoms. The van der Waals surface area contributed by atoms with E-state index in [0.29, 0.717) is 5.52 Å². The van der Waals surface area contributed by atoms with Crippen LogP contribution < -0.4 is 4.74 Å². The largest absolute Gasteiger partial charge is 0.482 e. The van der Waals surface area contributed by atoms with Gasteiger partial charge >= 0.3 is 0 Å². The van der Waals surface area contributed by atoms with Crippen LogP contribution in [0.15, 0.2) is 24.5 Å². The fraction of sp³-hybridized carbons (Fsp3) is 0.125. The maximum atomic E-state index is 5.25. The molecule has 0 atom stereocenters. The van der Waals surface area contributed by atoms with Gasteiger partial charge in [0.1, 0.15) is 11.3 Å². The van der Waals surface area contributed by atoms with E-state index in [1.165, 1.54) is 0 Å². The summed E-state index contributed by atoms with van der Waals surface area (Å²) in [6.07, 6.45) is 1.67. The van der Waals surface area contributed by atoms with Crippen LogP contribution in [0.3, 0.4) is 0 Å². The van der Waals surface area contributed by atoms with Crippen molar-refractivity contribution in [3.05, 3.63) is 24.5 Å². The van der Waals surface area contributed by atoms with Gasteiger partial charge in [-0.2, -0.15) is 0 Å². The van der Waals surface area contributed by atoms with Crippen LogP contribution in [0.4, 0.5) is 0 Å². The third kappa shape index (κ3) is 1.30. The predicted molar refractivity (Wildman–Crippen MR) is 50.5 cm³/mol. The molecule has 1 aromatic heterocycles. The second-order valence-electron chi connectivity index (χ2n) is 2.33. The van der Waals surface area contributed by atoms with E-state index in [0.717, 1.165) is 16.8 Å². The standard InChI is InChI=1S/C8H7BrN2O/c9-4-12-6-1-2-7-8(3-6)11-5-10-7/h1-3,5H,4H2,(H,10,11). The number of benzene rings is 1. The average Bonchev–Trinajstić information content (AvgIpc) is 2.51. The minimum absolute atomic E-state index is 0.507. The second-order valence-corrected chi connectivity index (χ2v) is 2.79. The summed E-state index contributed by atoms with van der Waals surface area (Å²) in [6, 6.07) is 5.73. The summed E-state index contributed by atoms with van der Waals surface area (Å²) < 4.78 is 5.25. The molecule has 1 aromatic carbocycles. The molecule has 1 heterocycles. The first-order chi connectivity index (χ1) is 5.90. The summed E-state index contributed by atoms with van der Waals surface area (Å²) in [5.74, 6) is 0.837. The third-order valence-electron chi connectivity index (χ3n) is 1.61. The number of aromatic amines is 1. The molecule has 0 aliphatic rings. The minimum Gasteiger partial charge on any atom is -0.482 e. The Hall–Kier alpha value is -1.03. The van der Waals surface area contributed by atoms with Crippen LogP contribution in [-0.2, 0) is 0 Å². The number of nitrogens with one attached hydrogen (secondary N) is 1. The second kappa shape index (κ2) is 3.15. The Bertz CT molecular complexity index is 385. The molecule has 0 saturated heterocycles. The number of H-pyrrole nitrogens is 1. The summed E-state index contributed by atoms with van der Waals surface area (Å²) in [6.45, 7) is 0. The van der Waals surface area contributed by atoms with Crippen molar-refractivity contribution in [2.24, 2.45) is 0 Å². The van der Waals surface area contributed by atoms with Crippen molar-refractivity contribution in [1.29, 1.82) is 0 Å². The van der Waals surface area contributed by atoms with Gasteiger partial charge in [0, 0.05) is 6.07 Å². The zero-order valence-electron chi connectivity index (χ0n) is 6.25. The zero-order chi connectivity index (χ0) is 8.39. The van der Waals surface area contributed by atoms with Gasteiger partial charge in [-0.3, -0.25) is 0 Å². The molecule has 0 saturated carbocycles. The molecule has 2 aromatic rings. The van der Waals surface area contributed by atoms with Crippen LogP contribution in [0, 0.1) is 0 Å². The van der Waals surface area contributed by atoms with Crippen LogP contribution in [0.2, 0.25) is 0 Å². The summed E-state index contributed by atoms with van der Waals surface area (Å²) in [5.41, 5.74) is 2.46. The Morgan fingerprint density at radius 2 is 2.42 bits per heavy atom. The lowest BCUT2D eigenvalue weighted by Gasteiger charge is -1.99. The number of imidazole rings is 1. The van der Waals surface area contributed by atoms with Crippen molar-refractivity contribution in [2.75, 3.05) is 5.52 Å². The van der Waals surface area contributed by atoms with Gasteiger partial charge in [0.25, 0.3) is 0 Å². The number of aromatic nitrogens is 2. The highest BCUT2D eigenvalue weighted by atomic mass is 79.9. The summed E-state index contributed by atoms with van der Waals surface area (Å²) in [7, 11) is 0. The van der Waals surface area contributed by atoms with E-state index in [9.17, 15) is 0 Å². The monoisotopic (exact) mass is 226 g/mol. The van der Waals surface area contributed by atoms with Gasteiger partial charge in [-0.05, 0) is 28.1 Å². The van der Waals surface area contributed by atoms with Crippen LogP contribution in [0.25, 0.3) is 11.0 Å². The lowest BCUT2D eigenvalue weighted by atomic mass is 10.3. The third-order valence-corrected chi connectivity index (χ3v) is 1.84. The lowest BCUT2D eigenvalue weighted by molar-refractivity contribution is 0.398. The number of fused-ring (bicyclic) bond motifs is 1. The molecule has 2 rings (SSSR count). The van der Waals surface area contributed by atoms with Gasteiger partial charge in [-0.15, -0.1) is 0 Å². The van der Waals surface area contributed by atoms with Gasteiger partial charge in [-0.1, -0.05) is 0 Å². The minimum atomic E-state index is 0.507. The Morgan fingerprint density at radius 1 is 1.50 bits per heavy atom. The van der Waals surface area contributed by atoms with Gasteiger partial charge in [0.2, 0.25) is 0 Å². The van der Waals surface area contributed by atoms with Crippen LogP contribution in [-0.4, -0.2) is 15.5 Å².